The fourth-order valence-electron chi connectivity index (χ4n) is 3.99. The lowest BCUT2D eigenvalue weighted by Gasteiger charge is -2.42. The summed E-state index contributed by atoms with van der Waals surface area (Å²) >= 11 is 6.82. The van der Waals surface area contributed by atoms with Crippen LogP contribution in [0.2, 0.25) is 5.02 Å². The van der Waals surface area contributed by atoms with Gasteiger partial charge in [-0.25, -0.2) is 4.79 Å². The molecule has 0 bridgehead atoms. The van der Waals surface area contributed by atoms with E-state index in [1.54, 1.807) is 20.8 Å². The summed E-state index contributed by atoms with van der Waals surface area (Å²) in [5.74, 6) is -0.234. The number of rotatable bonds is 5. The van der Waals surface area contributed by atoms with E-state index in [-0.39, 0.29) is 24.8 Å². The van der Waals surface area contributed by atoms with E-state index in [1.807, 2.05) is 55.5 Å². The fraction of sp³-hybridized carbons (Fsp3) is 0.423. The lowest BCUT2D eigenvalue weighted by molar-refractivity contribution is -0.132. The second kappa shape index (κ2) is 9.17. The molecule has 0 radical (unpaired) electrons. The number of hydrogen-bond acceptors (Lipinski definition) is 5. The van der Waals surface area contributed by atoms with Crippen LogP contribution in [0.3, 0.4) is 0 Å². The monoisotopic (exact) mass is 498 g/mol. The number of nitrogens with one attached hydrogen (secondary N) is 2. The van der Waals surface area contributed by atoms with Crippen molar-refractivity contribution in [1.82, 2.24) is 10.2 Å². The number of carbonyl (C=O) groups is 2. The smallest absolute Gasteiger partial charge is 0.437 e. The summed E-state index contributed by atoms with van der Waals surface area (Å²) in [6.07, 6.45) is 0.417. The standard InChI is InChI=1S/C26H31ClN4O4/c1-24(2,3)35-23(33)29-22-30-25(4,15-20(32)31(22)16-26(34)13-14-26)18-11-8-12-19(21(18)27)28-17-9-6-5-7-10-17/h5-12,28,34H,13-16H2,1-4H3,(H,29,30,33)/t25-/m0/s1. The number of β-amino-alcohol motifs (C(OH)–C–C–N with tert-alkyl or cyclic N) is 1. The fourth-order valence-corrected chi connectivity index (χ4v) is 4.37. The van der Waals surface area contributed by atoms with Crippen molar-refractivity contribution in [2.75, 3.05) is 11.9 Å². The lowest BCUT2D eigenvalue weighted by Crippen LogP contribution is -2.61. The van der Waals surface area contributed by atoms with Crippen LogP contribution in [0.15, 0.2) is 53.5 Å². The van der Waals surface area contributed by atoms with Crippen molar-refractivity contribution in [1.29, 1.82) is 0 Å². The molecule has 35 heavy (non-hydrogen) atoms. The van der Waals surface area contributed by atoms with Crippen molar-refractivity contribution >= 4 is 40.9 Å². The average molecular weight is 499 g/mol. The van der Waals surface area contributed by atoms with Crippen molar-refractivity contribution in [3.63, 3.8) is 0 Å². The highest BCUT2D eigenvalue weighted by molar-refractivity contribution is 6.34. The Morgan fingerprint density at radius 2 is 1.89 bits per heavy atom. The molecule has 1 aliphatic carbocycles. The molecule has 4 rings (SSSR count). The second-order valence-corrected chi connectivity index (χ2v) is 10.8. The minimum Gasteiger partial charge on any atom is -0.442 e. The van der Waals surface area contributed by atoms with E-state index >= 15 is 0 Å². The van der Waals surface area contributed by atoms with Crippen molar-refractivity contribution in [2.45, 2.75) is 63.7 Å². The van der Waals surface area contributed by atoms with Gasteiger partial charge in [0.1, 0.15) is 5.60 Å². The number of benzene rings is 2. The van der Waals surface area contributed by atoms with E-state index in [1.165, 1.54) is 4.90 Å². The van der Waals surface area contributed by atoms with Crippen LogP contribution in [-0.2, 0) is 15.1 Å². The molecule has 2 aromatic rings. The van der Waals surface area contributed by atoms with Crippen LogP contribution >= 0.6 is 11.6 Å². The number of nitrogens with zero attached hydrogens (tertiary/aromatic N) is 2. The Balaban J connectivity index is 1.67. The molecule has 1 saturated heterocycles. The lowest BCUT2D eigenvalue weighted by atomic mass is 9.86. The molecule has 1 heterocycles. The highest BCUT2D eigenvalue weighted by Crippen LogP contribution is 2.40. The molecule has 1 saturated carbocycles. The molecule has 8 nitrogen and oxygen atoms in total. The summed E-state index contributed by atoms with van der Waals surface area (Å²) < 4.78 is 5.35. The normalized spacial score (nSPS) is 22.5. The highest BCUT2D eigenvalue weighted by Gasteiger charge is 2.48. The third kappa shape index (κ3) is 5.94. The maximum Gasteiger partial charge on any atom is 0.437 e. The van der Waals surface area contributed by atoms with Gasteiger partial charge < -0.3 is 20.5 Å². The van der Waals surface area contributed by atoms with E-state index in [2.05, 4.69) is 15.6 Å². The zero-order valence-electron chi connectivity index (χ0n) is 20.4. The summed E-state index contributed by atoms with van der Waals surface area (Å²) in [7, 11) is 0. The molecule has 2 fully saturated rings. The van der Waals surface area contributed by atoms with Gasteiger partial charge >= 0.3 is 6.09 Å². The van der Waals surface area contributed by atoms with Gasteiger partial charge in [0.25, 0.3) is 0 Å². The Morgan fingerprint density at radius 3 is 2.51 bits per heavy atom. The van der Waals surface area contributed by atoms with Crippen molar-refractivity contribution in [2.24, 2.45) is 4.99 Å². The summed E-state index contributed by atoms with van der Waals surface area (Å²) in [6.45, 7) is 7.12. The first-order chi connectivity index (χ1) is 16.4. The zero-order chi connectivity index (χ0) is 25.4. The number of aliphatic imine (C=N–C) groups is 1. The SMILES string of the molecule is CC(C)(C)OC(=O)N=C1N[C@](C)(c2cccc(Nc3ccccc3)c2Cl)CC(=O)N1CC1(O)CC1. The van der Waals surface area contributed by atoms with Gasteiger partial charge in [-0.2, -0.15) is 0 Å². The number of anilines is 2. The number of para-hydroxylation sites is 1. The van der Waals surface area contributed by atoms with Crippen molar-refractivity contribution < 1.29 is 19.4 Å². The van der Waals surface area contributed by atoms with Gasteiger partial charge in [-0.15, -0.1) is 4.99 Å². The molecule has 1 aliphatic heterocycles. The molecule has 1 atom stereocenters. The first-order valence-corrected chi connectivity index (χ1v) is 12.0. The number of hydrogen-bond donors (Lipinski definition) is 3. The van der Waals surface area contributed by atoms with Crippen molar-refractivity contribution in [3.8, 4) is 0 Å². The molecule has 2 aromatic carbocycles. The van der Waals surface area contributed by atoms with Crippen LogP contribution in [0.5, 0.6) is 0 Å². The van der Waals surface area contributed by atoms with Crippen LogP contribution in [0.4, 0.5) is 16.2 Å². The summed E-state index contributed by atoms with van der Waals surface area (Å²) in [4.78, 5) is 31.3. The molecule has 9 heteroatoms. The number of halogens is 1. The van der Waals surface area contributed by atoms with Crippen LogP contribution in [0.25, 0.3) is 0 Å². The number of carbonyl (C=O) groups excluding carboxylic acids is 2. The molecule has 186 valence electrons. The molecular weight excluding hydrogens is 468 g/mol. The number of guanidine groups is 1. The Hall–Kier alpha value is -3.10. The highest BCUT2D eigenvalue weighted by atomic mass is 35.5. The van der Waals surface area contributed by atoms with E-state index < -0.39 is 22.8 Å². The largest absolute Gasteiger partial charge is 0.442 e. The summed E-state index contributed by atoms with van der Waals surface area (Å²) in [5.41, 5.74) is -0.423. The van der Waals surface area contributed by atoms with Gasteiger partial charge in [0.15, 0.2) is 0 Å². The van der Waals surface area contributed by atoms with Crippen LogP contribution in [-0.4, -0.2) is 45.7 Å². The predicted molar refractivity (Wildman–Crippen MR) is 136 cm³/mol. The molecule has 3 N–H and O–H groups in total. The molecule has 2 amide bonds. The van der Waals surface area contributed by atoms with Crippen molar-refractivity contribution in [3.05, 3.63) is 59.1 Å². The minimum absolute atomic E-state index is 0.0378. The van der Waals surface area contributed by atoms with Gasteiger partial charge in [0, 0.05) is 5.69 Å². The summed E-state index contributed by atoms with van der Waals surface area (Å²) in [5, 5.41) is 17.5. The first kappa shape index (κ1) is 25.0. The molecule has 0 spiro atoms. The van der Waals surface area contributed by atoms with Gasteiger partial charge in [0.05, 0.1) is 34.8 Å². The third-order valence-corrected chi connectivity index (χ3v) is 6.37. The quantitative estimate of drug-likeness (QED) is 0.539. The van der Waals surface area contributed by atoms with Gasteiger partial charge in [0.2, 0.25) is 11.9 Å². The Morgan fingerprint density at radius 1 is 1.20 bits per heavy atom. The number of amides is 2. The van der Waals surface area contributed by atoms with E-state index in [9.17, 15) is 14.7 Å². The second-order valence-electron chi connectivity index (χ2n) is 10.4. The molecule has 0 unspecified atom stereocenters. The van der Waals surface area contributed by atoms with E-state index in [0.29, 0.717) is 29.1 Å². The van der Waals surface area contributed by atoms with Gasteiger partial charge in [-0.05, 0) is 64.3 Å². The Kier molecular flexibility index (Phi) is 6.55. The van der Waals surface area contributed by atoms with E-state index in [4.69, 9.17) is 16.3 Å². The van der Waals surface area contributed by atoms with Crippen LogP contribution in [0.1, 0.15) is 52.5 Å². The zero-order valence-corrected chi connectivity index (χ0v) is 21.1. The predicted octanol–water partition coefficient (Wildman–Crippen LogP) is 4.94. The topological polar surface area (TPSA) is 103 Å². The Bertz CT molecular complexity index is 1160. The molecule has 2 aliphatic rings. The van der Waals surface area contributed by atoms with E-state index in [0.717, 1.165) is 5.69 Å². The summed E-state index contributed by atoms with van der Waals surface area (Å²) in [6, 6.07) is 15.2. The van der Waals surface area contributed by atoms with Crippen LogP contribution in [0, 0.1) is 0 Å². The average Bonchev–Trinajstić information content (AvgIpc) is 3.48. The molecular formula is C26H31ClN4O4. The number of aliphatic hydroxyl groups is 1. The Labute approximate surface area is 210 Å². The maximum absolute atomic E-state index is 13.3. The van der Waals surface area contributed by atoms with Crippen LogP contribution < -0.4 is 10.6 Å². The van der Waals surface area contributed by atoms with Gasteiger partial charge in [-0.1, -0.05) is 41.9 Å². The molecule has 0 aromatic heterocycles. The van der Waals surface area contributed by atoms with Gasteiger partial charge in [-0.3, -0.25) is 9.69 Å². The first-order valence-electron chi connectivity index (χ1n) is 11.6. The number of ether oxygens (including phenoxy) is 1. The third-order valence-electron chi connectivity index (χ3n) is 5.97. The minimum atomic E-state index is -0.961. The maximum atomic E-state index is 13.3.